The van der Waals surface area contributed by atoms with Crippen molar-refractivity contribution in [1.29, 1.82) is 0 Å². The molecule has 1 atom stereocenters. The Kier molecular flexibility index (Phi) is 5.03. The van der Waals surface area contributed by atoms with Crippen molar-refractivity contribution in [2.24, 2.45) is 5.92 Å². The normalized spacial score (nSPS) is 16.4. The van der Waals surface area contributed by atoms with Crippen LogP contribution in [0.25, 0.3) is 10.2 Å². The van der Waals surface area contributed by atoms with Crippen LogP contribution in [0.1, 0.15) is 6.42 Å². The number of para-hydroxylation sites is 2. The minimum atomic E-state index is -0.469. The lowest BCUT2D eigenvalue weighted by Crippen LogP contribution is -2.37. The molecule has 0 unspecified atom stereocenters. The van der Waals surface area contributed by atoms with E-state index in [0.717, 1.165) is 15.9 Å². The third kappa shape index (κ3) is 3.86. The number of nitrogens with zero attached hydrogens (tertiary/aromatic N) is 2. The van der Waals surface area contributed by atoms with Crippen LogP contribution in [0.2, 0.25) is 0 Å². The van der Waals surface area contributed by atoms with Gasteiger partial charge in [0, 0.05) is 18.7 Å². The largest absolute Gasteiger partial charge is 0.347 e. The van der Waals surface area contributed by atoms with E-state index in [4.69, 9.17) is 0 Å². The van der Waals surface area contributed by atoms with Crippen LogP contribution in [0.3, 0.4) is 0 Å². The quantitative estimate of drug-likeness (QED) is 0.695. The molecule has 2 heterocycles. The number of nitrogens with one attached hydrogen (secondary N) is 2. The second-order valence-electron chi connectivity index (χ2n) is 6.49. The van der Waals surface area contributed by atoms with E-state index in [2.05, 4.69) is 15.6 Å². The second kappa shape index (κ2) is 7.77. The zero-order chi connectivity index (χ0) is 19.5. The Morgan fingerprint density at radius 2 is 1.86 bits per heavy atom. The molecule has 0 aliphatic carbocycles. The fraction of sp³-hybridized carbons (Fsp3) is 0.200. The number of rotatable bonds is 5. The van der Waals surface area contributed by atoms with Crippen molar-refractivity contribution in [2.45, 2.75) is 6.42 Å². The van der Waals surface area contributed by atoms with E-state index in [-0.39, 0.29) is 30.7 Å². The molecule has 0 spiro atoms. The molecule has 1 fully saturated rings. The summed E-state index contributed by atoms with van der Waals surface area (Å²) in [5.74, 6) is -1.21. The maximum absolute atomic E-state index is 12.4. The summed E-state index contributed by atoms with van der Waals surface area (Å²) in [5, 5.41) is 5.81. The summed E-state index contributed by atoms with van der Waals surface area (Å²) in [6.45, 7) is 0.152. The highest BCUT2D eigenvalue weighted by molar-refractivity contribution is 7.22. The van der Waals surface area contributed by atoms with Crippen molar-refractivity contribution in [2.75, 3.05) is 23.3 Å². The highest BCUT2D eigenvalue weighted by atomic mass is 32.1. The van der Waals surface area contributed by atoms with Crippen molar-refractivity contribution in [3.63, 3.8) is 0 Å². The van der Waals surface area contributed by atoms with Gasteiger partial charge >= 0.3 is 0 Å². The average Bonchev–Trinajstić information content (AvgIpc) is 3.29. The van der Waals surface area contributed by atoms with Gasteiger partial charge in [0.15, 0.2) is 5.13 Å². The summed E-state index contributed by atoms with van der Waals surface area (Å²) in [5.41, 5.74) is 1.59. The van der Waals surface area contributed by atoms with Gasteiger partial charge in [0.1, 0.15) is 0 Å². The number of fused-ring (bicyclic) bond motifs is 1. The van der Waals surface area contributed by atoms with Gasteiger partial charge in [-0.15, -0.1) is 0 Å². The maximum Gasteiger partial charge on any atom is 0.245 e. The van der Waals surface area contributed by atoms with Crippen molar-refractivity contribution < 1.29 is 14.4 Å². The predicted molar refractivity (Wildman–Crippen MR) is 108 cm³/mol. The molecule has 8 heteroatoms. The summed E-state index contributed by atoms with van der Waals surface area (Å²) in [4.78, 5) is 42.7. The van der Waals surface area contributed by atoms with Gasteiger partial charge in [0.05, 0.1) is 22.7 Å². The number of carbonyl (C=O) groups is 3. The van der Waals surface area contributed by atoms with Gasteiger partial charge in [-0.3, -0.25) is 14.4 Å². The number of carbonyl (C=O) groups excluding carboxylic acids is 3. The highest BCUT2D eigenvalue weighted by Gasteiger charge is 2.35. The minimum absolute atomic E-state index is 0.0923. The Balaban J connectivity index is 1.30. The molecule has 0 saturated carbocycles. The number of benzene rings is 2. The van der Waals surface area contributed by atoms with Crippen LogP contribution in [-0.2, 0) is 14.4 Å². The van der Waals surface area contributed by atoms with E-state index in [1.54, 1.807) is 4.90 Å². The predicted octanol–water partition coefficient (Wildman–Crippen LogP) is 2.40. The van der Waals surface area contributed by atoms with Gasteiger partial charge in [-0.2, -0.15) is 0 Å². The number of hydrogen-bond acceptors (Lipinski definition) is 5. The van der Waals surface area contributed by atoms with Gasteiger partial charge in [-0.25, -0.2) is 4.98 Å². The van der Waals surface area contributed by atoms with Crippen LogP contribution in [0.15, 0.2) is 54.6 Å². The third-order valence-corrected chi connectivity index (χ3v) is 5.48. The summed E-state index contributed by atoms with van der Waals surface area (Å²) >= 11 is 1.38. The van der Waals surface area contributed by atoms with E-state index in [9.17, 15) is 14.4 Å². The fourth-order valence-corrected chi connectivity index (χ4v) is 4.02. The first-order valence-corrected chi connectivity index (χ1v) is 9.70. The molecule has 1 aromatic heterocycles. The molecule has 28 heavy (non-hydrogen) atoms. The van der Waals surface area contributed by atoms with Crippen LogP contribution in [0.4, 0.5) is 10.8 Å². The Morgan fingerprint density at radius 3 is 2.64 bits per heavy atom. The molecule has 4 rings (SSSR count). The molecule has 3 amide bonds. The molecule has 0 radical (unpaired) electrons. The molecule has 0 bridgehead atoms. The maximum atomic E-state index is 12.4. The number of anilines is 2. The zero-order valence-corrected chi connectivity index (χ0v) is 15.7. The van der Waals surface area contributed by atoms with E-state index in [1.807, 2.05) is 54.6 Å². The lowest BCUT2D eigenvalue weighted by molar-refractivity contribution is -0.127. The number of amides is 3. The van der Waals surface area contributed by atoms with Gasteiger partial charge < -0.3 is 15.5 Å². The first-order chi connectivity index (χ1) is 13.6. The monoisotopic (exact) mass is 394 g/mol. The summed E-state index contributed by atoms with van der Waals surface area (Å²) in [6, 6.07) is 16.8. The number of aromatic nitrogens is 1. The first-order valence-electron chi connectivity index (χ1n) is 8.89. The molecular weight excluding hydrogens is 376 g/mol. The smallest absolute Gasteiger partial charge is 0.245 e. The molecule has 1 aliphatic rings. The van der Waals surface area contributed by atoms with Crippen LogP contribution in [0.5, 0.6) is 0 Å². The average molecular weight is 394 g/mol. The van der Waals surface area contributed by atoms with Crippen LogP contribution < -0.4 is 15.5 Å². The van der Waals surface area contributed by atoms with Gasteiger partial charge in [-0.05, 0) is 24.3 Å². The van der Waals surface area contributed by atoms with Crippen LogP contribution in [0, 0.1) is 5.92 Å². The van der Waals surface area contributed by atoms with E-state index in [0.29, 0.717) is 11.7 Å². The Morgan fingerprint density at radius 1 is 1.11 bits per heavy atom. The standard InChI is InChI=1S/C20H18N4O3S/c25-17(23-20-22-15-8-4-5-9-16(15)28-20)11-21-19(27)13-10-18(26)24(12-13)14-6-2-1-3-7-14/h1-9,13H,10-12H2,(H,21,27)(H,22,23,25)/t13-/m0/s1. The Labute approximate surface area is 165 Å². The van der Waals surface area contributed by atoms with E-state index >= 15 is 0 Å². The molecule has 2 aromatic carbocycles. The molecule has 1 saturated heterocycles. The SMILES string of the molecule is O=C(CNC(=O)[C@H]1CC(=O)N(c2ccccc2)C1)Nc1nc2ccccc2s1. The third-order valence-electron chi connectivity index (χ3n) is 4.53. The number of thiazole rings is 1. The molecule has 142 valence electrons. The van der Waals surface area contributed by atoms with E-state index < -0.39 is 5.92 Å². The topological polar surface area (TPSA) is 91.4 Å². The summed E-state index contributed by atoms with van der Waals surface area (Å²) in [6.07, 6.45) is 0.139. The first kappa shape index (κ1) is 18.1. The van der Waals surface area contributed by atoms with Crippen molar-refractivity contribution in [1.82, 2.24) is 10.3 Å². The molecule has 2 N–H and O–H groups in total. The molecule has 7 nitrogen and oxygen atoms in total. The lowest BCUT2D eigenvalue weighted by Gasteiger charge is -2.16. The number of hydrogen-bond donors (Lipinski definition) is 2. The Hall–Kier alpha value is -3.26. The van der Waals surface area contributed by atoms with Crippen LogP contribution in [-0.4, -0.2) is 35.8 Å². The van der Waals surface area contributed by atoms with E-state index in [1.165, 1.54) is 11.3 Å². The van der Waals surface area contributed by atoms with Gasteiger partial charge in [-0.1, -0.05) is 41.7 Å². The molecular formula is C20H18N4O3S. The lowest BCUT2D eigenvalue weighted by atomic mass is 10.1. The Bertz CT molecular complexity index is 1000. The van der Waals surface area contributed by atoms with Crippen molar-refractivity contribution in [3.05, 3.63) is 54.6 Å². The zero-order valence-electron chi connectivity index (χ0n) is 14.9. The van der Waals surface area contributed by atoms with Crippen molar-refractivity contribution >= 4 is 50.1 Å². The second-order valence-corrected chi connectivity index (χ2v) is 7.52. The van der Waals surface area contributed by atoms with Crippen LogP contribution >= 0.6 is 11.3 Å². The van der Waals surface area contributed by atoms with Crippen molar-refractivity contribution in [3.8, 4) is 0 Å². The summed E-state index contributed by atoms with van der Waals surface area (Å²) < 4.78 is 0.979. The fourth-order valence-electron chi connectivity index (χ4n) is 3.14. The molecule has 3 aromatic rings. The molecule has 1 aliphatic heterocycles. The van der Waals surface area contributed by atoms with Gasteiger partial charge in [0.25, 0.3) is 0 Å². The highest BCUT2D eigenvalue weighted by Crippen LogP contribution is 2.26. The van der Waals surface area contributed by atoms with Gasteiger partial charge in [0.2, 0.25) is 17.7 Å². The minimum Gasteiger partial charge on any atom is -0.347 e. The summed E-state index contributed by atoms with van der Waals surface area (Å²) in [7, 11) is 0.